The standard InChI is InChI=1S/C13H17ClO4/c1-13(2,3)18-7-6-17-11-5-4-9(14)8-10(11)12(15)16/h4-5,8H,6-7H2,1-3H3,(H,15,16). The molecule has 0 aromatic heterocycles. The lowest BCUT2D eigenvalue weighted by Crippen LogP contribution is -2.22. The van der Waals surface area contributed by atoms with Gasteiger partial charge >= 0.3 is 5.97 Å². The molecule has 1 aromatic carbocycles. The van der Waals surface area contributed by atoms with Crippen LogP contribution in [-0.2, 0) is 4.74 Å². The van der Waals surface area contributed by atoms with Crippen LogP contribution < -0.4 is 4.74 Å². The maximum atomic E-state index is 11.0. The fraction of sp³-hybridized carbons (Fsp3) is 0.462. The molecule has 1 N–H and O–H groups in total. The molecule has 0 bridgehead atoms. The first kappa shape index (κ1) is 14.8. The molecule has 5 heteroatoms. The van der Waals surface area contributed by atoms with Gasteiger partial charge in [0.05, 0.1) is 12.2 Å². The molecule has 0 unspecified atom stereocenters. The molecular weight excluding hydrogens is 256 g/mol. The fourth-order valence-corrected chi connectivity index (χ4v) is 1.47. The lowest BCUT2D eigenvalue weighted by molar-refractivity contribution is -0.0164. The van der Waals surface area contributed by atoms with E-state index in [-0.39, 0.29) is 11.2 Å². The monoisotopic (exact) mass is 272 g/mol. The summed E-state index contributed by atoms with van der Waals surface area (Å²) in [5.41, 5.74) is -0.183. The number of hydrogen-bond donors (Lipinski definition) is 1. The summed E-state index contributed by atoms with van der Waals surface area (Å²) in [5, 5.41) is 9.37. The molecule has 18 heavy (non-hydrogen) atoms. The minimum atomic E-state index is -1.07. The van der Waals surface area contributed by atoms with Crippen molar-refractivity contribution in [3.63, 3.8) is 0 Å². The molecule has 0 aliphatic rings. The Kier molecular flexibility index (Phi) is 4.99. The Hall–Kier alpha value is -1.26. The van der Waals surface area contributed by atoms with E-state index >= 15 is 0 Å². The Labute approximate surface area is 111 Å². The lowest BCUT2D eigenvalue weighted by atomic mass is 10.2. The van der Waals surface area contributed by atoms with E-state index in [0.717, 1.165) is 0 Å². The average Bonchev–Trinajstić information content (AvgIpc) is 2.24. The SMILES string of the molecule is CC(C)(C)OCCOc1ccc(Cl)cc1C(=O)O. The van der Waals surface area contributed by atoms with Crippen molar-refractivity contribution in [3.05, 3.63) is 28.8 Å². The van der Waals surface area contributed by atoms with E-state index in [9.17, 15) is 4.79 Å². The van der Waals surface area contributed by atoms with Crippen LogP contribution in [0, 0.1) is 0 Å². The van der Waals surface area contributed by atoms with Gasteiger partial charge in [0.2, 0.25) is 0 Å². The summed E-state index contributed by atoms with van der Waals surface area (Å²) in [6.45, 7) is 6.51. The summed E-state index contributed by atoms with van der Waals surface area (Å²) in [5.74, 6) is -0.770. The van der Waals surface area contributed by atoms with E-state index in [0.29, 0.717) is 24.0 Å². The second-order valence-corrected chi connectivity index (χ2v) is 5.19. The molecule has 0 saturated heterocycles. The van der Waals surface area contributed by atoms with Crippen LogP contribution in [0.15, 0.2) is 18.2 Å². The zero-order valence-corrected chi connectivity index (χ0v) is 11.5. The molecule has 0 atom stereocenters. The first-order valence-electron chi connectivity index (χ1n) is 5.59. The highest BCUT2D eigenvalue weighted by Crippen LogP contribution is 2.23. The molecule has 0 aliphatic carbocycles. The van der Waals surface area contributed by atoms with Crippen LogP contribution in [-0.4, -0.2) is 29.9 Å². The molecule has 0 amide bonds. The Bertz CT molecular complexity index is 423. The highest BCUT2D eigenvalue weighted by molar-refractivity contribution is 6.31. The van der Waals surface area contributed by atoms with Crippen molar-refractivity contribution in [2.75, 3.05) is 13.2 Å². The predicted molar refractivity (Wildman–Crippen MR) is 69.6 cm³/mol. The number of carboxylic acids is 1. The van der Waals surface area contributed by atoms with Gasteiger partial charge < -0.3 is 14.6 Å². The van der Waals surface area contributed by atoms with Gasteiger partial charge in [-0.2, -0.15) is 0 Å². The number of rotatable bonds is 5. The van der Waals surface area contributed by atoms with E-state index in [1.165, 1.54) is 6.07 Å². The minimum absolute atomic E-state index is 0.0539. The van der Waals surface area contributed by atoms with Crippen molar-refractivity contribution in [2.24, 2.45) is 0 Å². The van der Waals surface area contributed by atoms with Gasteiger partial charge in [-0.15, -0.1) is 0 Å². The summed E-state index contributed by atoms with van der Waals surface area (Å²) in [6, 6.07) is 4.50. The number of halogens is 1. The Morgan fingerprint density at radius 1 is 1.33 bits per heavy atom. The minimum Gasteiger partial charge on any atom is -0.490 e. The van der Waals surface area contributed by atoms with E-state index in [4.69, 9.17) is 26.2 Å². The summed E-state index contributed by atoms with van der Waals surface area (Å²) < 4.78 is 10.9. The summed E-state index contributed by atoms with van der Waals surface area (Å²) in [7, 11) is 0. The van der Waals surface area contributed by atoms with Crippen molar-refractivity contribution in [1.29, 1.82) is 0 Å². The van der Waals surface area contributed by atoms with Gasteiger partial charge in [-0.05, 0) is 39.0 Å². The van der Waals surface area contributed by atoms with Gasteiger partial charge in [0.25, 0.3) is 0 Å². The topological polar surface area (TPSA) is 55.8 Å². The number of aromatic carboxylic acids is 1. The van der Waals surface area contributed by atoms with Crippen molar-refractivity contribution in [2.45, 2.75) is 26.4 Å². The quantitative estimate of drug-likeness (QED) is 0.836. The zero-order valence-electron chi connectivity index (χ0n) is 10.7. The molecule has 0 fully saturated rings. The number of carboxylic acid groups (broad SMARTS) is 1. The molecule has 0 saturated carbocycles. The van der Waals surface area contributed by atoms with E-state index in [2.05, 4.69) is 0 Å². The number of hydrogen-bond acceptors (Lipinski definition) is 3. The van der Waals surface area contributed by atoms with Crippen molar-refractivity contribution < 1.29 is 19.4 Å². The normalized spacial score (nSPS) is 11.3. The molecule has 1 rings (SSSR count). The van der Waals surface area contributed by atoms with Crippen LogP contribution in [0.3, 0.4) is 0 Å². The maximum Gasteiger partial charge on any atom is 0.339 e. The smallest absolute Gasteiger partial charge is 0.339 e. The van der Waals surface area contributed by atoms with Crippen molar-refractivity contribution in [3.8, 4) is 5.75 Å². The molecular formula is C13H17ClO4. The van der Waals surface area contributed by atoms with E-state index in [1.807, 2.05) is 20.8 Å². The van der Waals surface area contributed by atoms with Gasteiger partial charge in [0.15, 0.2) is 0 Å². The van der Waals surface area contributed by atoms with Crippen LogP contribution in [0.4, 0.5) is 0 Å². The second-order valence-electron chi connectivity index (χ2n) is 4.75. The Balaban J connectivity index is 2.59. The Morgan fingerprint density at radius 2 is 2.00 bits per heavy atom. The van der Waals surface area contributed by atoms with Crippen LogP contribution in [0.1, 0.15) is 31.1 Å². The number of carbonyl (C=O) groups is 1. The number of ether oxygens (including phenoxy) is 2. The van der Waals surface area contributed by atoms with Gasteiger partial charge in [-0.25, -0.2) is 4.79 Å². The van der Waals surface area contributed by atoms with Crippen molar-refractivity contribution >= 4 is 17.6 Å². The molecule has 0 spiro atoms. The molecule has 4 nitrogen and oxygen atoms in total. The molecule has 100 valence electrons. The molecule has 0 radical (unpaired) electrons. The third kappa shape index (κ3) is 4.94. The summed E-state index contributed by atoms with van der Waals surface area (Å²) in [6.07, 6.45) is 0. The number of benzene rings is 1. The molecule has 0 heterocycles. The summed E-state index contributed by atoms with van der Waals surface area (Å²) >= 11 is 5.74. The van der Waals surface area contributed by atoms with Gasteiger partial charge in [-0.1, -0.05) is 11.6 Å². The van der Waals surface area contributed by atoms with E-state index in [1.54, 1.807) is 12.1 Å². The van der Waals surface area contributed by atoms with Gasteiger partial charge in [0, 0.05) is 5.02 Å². The van der Waals surface area contributed by atoms with Gasteiger partial charge in [-0.3, -0.25) is 0 Å². The summed E-state index contributed by atoms with van der Waals surface area (Å²) in [4.78, 5) is 11.0. The first-order valence-corrected chi connectivity index (χ1v) is 5.97. The first-order chi connectivity index (χ1) is 8.29. The van der Waals surface area contributed by atoms with Crippen LogP contribution >= 0.6 is 11.6 Å². The fourth-order valence-electron chi connectivity index (χ4n) is 1.29. The average molecular weight is 273 g/mol. The largest absolute Gasteiger partial charge is 0.490 e. The highest BCUT2D eigenvalue weighted by atomic mass is 35.5. The predicted octanol–water partition coefficient (Wildman–Crippen LogP) is 3.23. The maximum absolute atomic E-state index is 11.0. The molecule has 1 aromatic rings. The second kappa shape index (κ2) is 6.07. The third-order valence-electron chi connectivity index (χ3n) is 2.05. The van der Waals surface area contributed by atoms with Gasteiger partial charge in [0.1, 0.15) is 17.9 Å². The van der Waals surface area contributed by atoms with E-state index < -0.39 is 5.97 Å². The van der Waals surface area contributed by atoms with Crippen LogP contribution in [0.5, 0.6) is 5.75 Å². The zero-order chi connectivity index (χ0) is 13.8. The lowest BCUT2D eigenvalue weighted by Gasteiger charge is -2.19. The highest BCUT2D eigenvalue weighted by Gasteiger charge is 2.13. The van der Waals surface area contributed by atoms with Crippen LogP contribution in [0.2, 0.25) is 5.02 Å². The third-order valence-corrected chi connectivity index (χ3v) is 2.28. The Morgan fingerprint density at radius 3 is 2.56 bits per heavy atom. The van der Waals surface area contributed by atoms with Crippen molar-refractivity contribution in [1.82, 2.24) is 0 Å². The van der Waals surface area contributed by atoms with Crippen LogP contribution in [0.25, 0.3) is 0 Å². The molecule has 0 aliphatic heterocycles.